The average Bonchev–Trinajstić information content (AvgIpc) is 2.33. The second kappa shape index (κ2) is 5.03. The van der Waals surface area contributed by atoms with Gasteiger partial charge in [-0.05, 0) is 37.6 Å². The molecule has 0 atom stereocenters. The van der Waals surface area contributed by atoms with Gasteiger partial charge in [-0.2, -0.15) is 10.2 Å². The summed E-state index contributed by atoms with van der Waals surface area (Å²) in [5, 5.41) is 9.41. The first-order chi connectivity index (χ1) is 8.58. The predicted molar refractivity (Wildman–Crippen MR) is 67.7 cm³/mol. The smallest absolute Gasteiger partial charge is 0.323 e. The van der Waals surface area contributed by atoms with Crippen molar-refractivity contribution >= 4 is 11.6 Å². The maximum atomic E-state index is 8.83. The SMILES string of the molecule is Cc1cc(C#N)nc(Oc2cc(Cl)ccc2C)n1. The minimum atomic E-state index is 0.150. The standard InChI is InChI=1S/C13H10ClN3O/c1-8-3-4-10(14)6-12(8)18-13-16-9(2)5-11(7-15)17-13/h3-6H,1-2H3. The maximum Gasteiger partial charge on any atom is 0.323 e. The Bertz CT molecular complexity index is 635. The number of hydrogen-bond donors (Lipinski definition) is 0. The molecule has 4 nitrogen and oxygen atoms in total. The Balaban J connectivity index is 2.37. The summed E-state index contributed by atoms with van der Waals surface area (Å²) >= 11 is 5.90. The first-order valence-electron chi connectivity index (χ1n) is 5.28. The second-order valence-electron chi connectivity index (χ2n) is 3.80. The van der Waals surface area contributed by atoms with Gasteiger partial charge in [0, 0.05) is 10.7 Å². The number of nitriles is 1. The topological polar surface area (TPSA) is 58.8 Å². The summed E-state index contributed by atoms with van der Waals surface area (Å²) in [5.74, 6) is 0.581. The predicted octanol–water partition coefficient (Wildman–Crippen LogP) is 3.41. The summed E-state index contributed by atoms with van der Waals surface area (Å²) in [7, 11) is 0. The molecule has 0 aliphatic heterocycles. The largest absolute Gasteiger partial charge is 0.424 e. The van der Waals surface area contributed by atoms with Crippen molar-refractivity contribution in [3.05, 3.63) is 46.2 Å². The van der Waals surface area contributed by atoms with Crippen LogP contribution in [0, 0.1) is 25.2 Å². The molecule has 1 aromatic carbocycles. The molecular weight excluding hydrogens is 250 g/mol. The molecule has 2 rings (SSSR count). The van der Waals surface area contributed by atoms with Crippen LogP contribution < -0.4 is 4.74 Å². The van der Waals surface area contributed by atoms with Gasteiger partial charge in [-0.3, -0.25) is 0 Å². The number of ether oxygens (including phenoxy) is 1. The molecule has 0 saturated carbocycles. The number of nitrogens with zero attached hydrogens (tertiary/aromatic N) is 3. The Kier molecular flexibility index (Phi) is 3.45. The fourth-order valence-corrected chi connectivity index (χ4v) is 1.59. The van der Waals surface area contributed by atoms with Gasteiger partial charge in [0.1, 0.15) is 17.5 Å². The highest BCUT2D eigenvalue weighted by molar-refractivity contribution is 6.30. The Morgan fingerprint density at radius 1 is 1.22 bits per heavy atom. The van der Waals surface area contributed by atoms with Gasteiger partial charge in [0.05, 0.1) is 0 Å². The Morgan fingerprint density at radius 2 is 2.00 bits per heavy atom. The molecule has 0 saturated heterocycles. The molecule has 2 aromatic rings. The monoisotopic (exact) mass is 259 g/mol. The molecule has 0 aliphatic rings. The van der Waals surface area contributed by atoms with E-state index in [4.69, 9.17) is 21.6 Å². The minimum absolute atomic E-state index is 0.150. The van der Waals surface area contributed by atoms with E-state index in [-0.39, 0.29) is 11.7 Å². The third-order valence-electron chi connectivity index (χ3n) is 2.30. The van der Waals surface area contributed by atoms with Gasteiger partial charge in [-0.1, -0.05) is 17.7 Å². The van der Waals surface area contributed by atoms with Gasteiger partial charge in [0.15, 0.2) is 0 Å². The van der Waals surface area contributed by atoms with Crippen LogP contribution in [0.1, 0.15) is 17.0 Å². The van der Waals surface area contributed by atoms with E-state index in [1.807, 2.05) is 19.1 Å². The molecule has 1 aromatic heterocycles. The first kappa shape index (κ1) is 12.3. The fraction of sp³-hybridized carbons (Fsp3) is 0.154. The van der Waals surface area contributed by atoms with Crippen molar-refractivity contribution in [3.63, 3.8) is 0 Å². The number of hydrogen-bond acceptors (Lipinski definition) is 4. The lowest BCUT2D eigenvalue weighted by atomic mass is 10.2. The van der Waals surface area contributed by atoms with E-state index in [0.717, 1.165) is 5.56 Å². The van der Waals surface area contributed by atoms with Crippen LogP contribution in [-0.2, 0) is 0 Å². The van der Waals surface area contributed by atoms with E-state index in [1.165, 1.54) is 0 Å². The van der Waals surface area contributed by atoms with Crippen molar-refractivity contribution < 1.29 is 4.74 Å². The zero-order chi connectivity index (χ0) is 13.1. The molecule has 5 heteroatoms. The van der Waals surface area contributed by atoms with Gasteiger partial charge in [0.2, 0.25) is 0 Å². The van der Waals surface area contributed by atoms with Crippen molar-refractivity contribution in [3.8, 4) is 17.8 Å². The molecule has 0 fully saturated rings. The van der Waals surface area contributed by atoms with Crippen molar-refractivity contribution in [2.45, 2.75) is 13.8 Å². The third-order valence-corrected chi connectivity index (χ3v) is 2.53. The lowest BCUT2D eigenvalue weighted by Crippen LogP contribution is -1.97. The minimum Gasteiger partial charge on any atom is -0.424 e. The molecule has 0 spiro atoms. The van der Waals surface area contributed by atoms with Crippen LogP contribution in [0.2, 0.25) is 5.02 Å². The summed E-state index contributed by atoms with van der Waals surface area (Å²) in [4.78, 5) is 8.10. The van der Waals surface area contributed by atoms with Crippen LogP contribution in [0.5, 0.6) is 11.8 Å². The van der Waals surface area contributed by atoms with Crippen LogP contribution in [0.25, 0.3) is 0 Å². The summed E-state index contributed by atoms with van der Waals surface area (Å²) in [5.41, 5.74) is 1.87. The zero-order valence-electron chi connectivity index (χ0n) is 9.94. The van der Waals surface area contributed by atoms with E-state index in [2.05, 4.69) is 9.97 Å². The second-order valence-corrected chi connectivity index (χ2v) is 4.24. The highest BCUT2D eigenvalue weighted by Crippen LogP contribution is 2.26. The van der Waals surface area contributed by atoms with Crippen molar-refractivity contribution in [1.82, 2.24) is 9.97 Å². The molecule has 0 N–H and O–H groups in total. The summed E-state index contributed by atoms with van der Waals surface area (Å²) in [6.07, 6.45) is 0. The van der Waals surface area contributed by atoms with Gasteiger partial charge in [-0.25, -0.2) is 4.98 Å². The number of halogens is 1. The van der Waals surface area contributed by atoms with Crippen LogP contribution in [0.15, 0.2) is 24.3 Å². The molecule has 0 amide bonds. The van der Waals surface area contributed by atoms with Crippen molar-refractivity contribution in [2.24, 2.45) is 0 Å². The maximum absolute atomic E-state index is 8.83. The Labute approximate surface area is 110 Å². The highest BCUT2D eigenvalue weighted by atomic mass is 35.5. The van der Waals surface area contributed by atoms with Gasteiger partial charge in [0.25, 0.3) is 0 Å². The number of aromatic nitrogens is 2. The molecular formula is C13H10ClN3O. The van der Waals surface area contributed by atoms with Crippen LogP contribution in [0.3, 0.4) is 0 Å². The van der Waals surface area contributed by atoms with Crippen LogP contribution >= 0.6 is 11.6 Å². The molecule has 0 aliphatic carbocycles. The molecule has 1 heterocycles. The summed E-state index contributed by atoms with van der Waals surface area (Å²) in [6, 6.07) is 9.02. The van der Waals surface area contributed by atoms with Gasteiger partial charge < -0.3 is 4.74 Å². The van der Waals surface area contributed by atoms with E-state index >= 15 is 0 Å². The summed E-state index contributed by atoms with van der Waals surface area (Å²) < 4.78 is 5.56. The first-order valence-corrected chi connectivity index (χ1v) is 5.66. The van der Waals surface area contributed by atoms with Crippen molar-refractivity contribution in [2.75, 3.05) is 0 Å². The number of rotatable bonds is 2. The van der Waals surface area contributed by atoms with E-state index < -0.39 is 0 Å². The summed E-state index contributed by atoms with van der Waals surface area (Å²) in [6.45, 7) is 3.67. The zero-order valence-corrected chi connectivity index (χ0v) is 10.7. The van der Waals surface area contributed by atoms with Crippen molar-refractivity contribution in [1.29, 1.82) is 5.26 Å². The normalized spacial score (nSPS) is 9.89. The molecule has 0 unspecified atom stereocenters. The lowest BCUT2D eigenvalue weighted by Gasteiger charge is -2.07. The third kappa shape index (κ3) is 2.76. The van der Waals surface area contributed by atoms with Gasteiger partial charge >= 0.3 is 6.01 Å². The lowest BCUT2D eigenvalue weighted by molar-refractivity contribution is 0.436. The molecule has 90 valence electrons. The number of benzene rings is 1. The number of aryl methyl sites for hydroxylation is 2. The van der Waals surface area contributed by atoms with Crippen LogP contribution in [0.4, 0.5) is 0 Å². The molecule has 18 heavy (non-hydrogen) atoms. The molecule has 0 bridgehead atoms. The van der Waals surface area contributed by atoms with Crippen LogP contribution in [-0.4, -0.2) is 9.97 Å². The van der Waals surface area contributed by atoms with E-state index in [1.54, 1.807) is 25.1 Å². The average molecular weight is 260 g/mol. The highest BCUT2D eigenvalue weighted by Gasteiger charge is 2.07. The Hall–Kier alpha value is -2.12. The van der Waals surface area contributed by atoms with E-state index in [0.29, 0.717) is 16.5 Å². The van der Waals surface area contributed by atoms with Gasteiger partial charge in [-0.15, -0.1) is 0 Å². The van der Waals surface area contributed by atoms with E-state index in [9.17, 15) is 0 Å². The quantitative estimate of drug-likeness (QED) is 0.829. The fourth-order valence-electron chi connectivity index (χ4n) is 1.43. The Morgan fingerprint density at radius 3 is 2.72 bits per heavy atom. The molecule has 0 radical (unpaired) electrons.